The summed E-state index contributed by atoms with van der Waals surface area (Å²) in [6.07, 6.45) is 1.53. The first kappa shape index (κ1) is 11.1. The van der Waals surface area contributed by atoms with Crippen LogP contribution in [-0.4, -0.2) is 17.2 Å². The fourth-order valence-corrected chi connectivity index (χ4v) is 1.63. The molecule has 0 aliphatic rings. The monoisotopic (exact) mass is 224 g/mol. The van der Waals surface area contributed by atoms with E-state index < -0.39 is 0 Å². The summed E-state index contributed by atoms with van der Waals surface area (Å²) in [6, 6.07) is 13.8. The van der Waals surface area contributed by atoms with Gasteiger partial charge in [-0.2, -0.15) is 10.4 Å². The van der Waals surface area contributed by atoms with Crippen molar-refractivity contribution in [2.75, 3.05) is 11.9 Å². The average molecular weight is 224 g/mol. The molecule has 4 nitrogen and oxygen atoms in total. The summed E-state index contributed by atoms with van der Waals surface area (Å²) in [5, 5.41) is 16.8. The van der Waals surface area contributed by atoms with Crippen LogP contribution in [0.2, 0.25) is 0 Å². The minimum Gasteiger partial charge on any atom is -0.353 e. The fraction of sp³-hybridized carbons (Fsp3) is 0.154. The van der Waals surface area contributed by atoms with Crippen molar-refractivity contribution >= 4 is 5.82 Å². The lowest BCUT2D eigenvalue weighted by molar-refractivity contribution is 0.863. The molecule has 0 N–H and O–H groups in total. The zero-order valence-electron chi connectivity index (χ0n) is 9.54. The lowest BCUT2D eigenvalue weighted by Crippen LogP contribution is -2.19. The quantitative estimate of drug-likeness (QED) is 0.800. The molecule has 0 spiro atoms. The molecule has 2 rings (SSSR count). The summed E-state index contributed by atoms with van der Waals surface area (Å²) < 4.78 is 0. The van der Waals surface area contributed by atoms with Crippen molar-refractivity contribution in [1.82, 2.24) is 10.2 Å². The SMILES string of the molecule is CN(Cc1ccccc1)c1nnccc1C#N. The number of rotatable bonds is 3. The Bertz CT molecular complexity index is 531. The number of hydrogen-bond donors (Lipinski definition) is 0. The molecule has 0 unspecified atom stereocenters. The van der Waals surface area contributed by atoms with Crippen LogP contribution < -0.4 is 4.90 Å². The van der Waals surface area contributed by atoms with E-state index in [1.54, 1.807) is 6.07 Å². The molecule has 17 heavy (non-hydrogen) atoms. The molecular weight excluding hydrogens is 212 g/mol. The second kappa shape index (κ2) is 5.08. The Morgan fingerprint density at radius 1 is 1.24 bits per heavy atom. The summed E-state index contributed by atoms with van der Waals surface area (Å²) in [6.45, 7) is 0.703. The van der Waals surface area contributed by atoms with E-state index in [0.717, 1.165) is 0 Å². The molecule has 0 aliphatic heterocycles. The lowest BCUT2D eigenvalue weighted by Gasteiger charge is -2.18. The number of nitrogens with zero attached hydrogens (tertiary/aromatic N) is 4. The predicted octanol–water partition coefficient (Wildman–Crippen LogP) is 1.98. The van der Waals surface area contributed by atoms with Crippen LogP contribution in [0.1, 0.15) is 11.1 Å². The van der Waals surface area contributed by atoms with Crippen molar-refractivity contribution in [2.45, 2.75) is 6.54 Å². The molecule has 2 aromatic rings. The summed E-state index contributed by atoms with van der Waals surface area (Å²) in [4.78, 5) is 1.92. The van der Waals surface area contributed by atoms with Crippen LogP contribution in [0, 0.1) is 11.3 Å². The van der Waals surface area contributed by atoms with Crippen molar-refractivity contribution < 1.29 is 0 Å². The van der Waals surface area contributed by atoms with Gasteiger partial charge in [0.1, 0.15) is 6.07 Å². The first-order valence-electron chi connectivity index (χ1n) is 5.28. The molecule has 0 aliphatic carbocycles. The Hall–Kier alpha value is -2.41. The first-order chi connectivity index (χ1) is 8.31. The zero-order valence-corrected chi connectivity index (χ0v) is 9.54. The van der Waals surface area contributed by atoms with Crippen LogP contribution in [0.3, 0.4) is 0 Å². The van der Waals surface area contributed by atoms with Gasteiger partial charge in [0.15, 0.2) is 5.82 Å². The van der Waals surface area contributed by atoms with Gasteiger partial charge >= 0.3 is 0 Å². The summed E-state index contributed by atoms with van der Waals surface area (Å²) in [7, 11) is 1.90. The van der Waals surface area contributed by atoms with Gasteiger partial charge in [0.2, 0.25) is 0 Å². The minimum atomic E-state index is 0.540. The van der Waals surface area contributed by atoms with Crippen molar-refractivity contribution in [2.24, 2.45) is 0 Å². The molecule has 1 heterocycles. The van der Waals surface area contributed by atoms with E-state index in [0.29, 0.717) is 17.9 Å². The summed E-state index contributed by atoms with van der Waals surface area (Å²) in [5.74, 6) is 0.610. The van der Waals surface area contributed by atoms with Crippen molar-refractivity contribution in [3.8, 4) is 6.07 Å². The number of benzene rings is 1. The van der Waals surface area contributed by atoms with Gasteiger partial charge in [0.25, 0.3) is 0 Å². The zero-order chi connectivity index (χ0) is 12.1. The van der Waals surface area contributed by atoms with Crippen molar-refractivity contribution in [3.05, 3.63) is 53.7 Å². The average Bonchev–Trinajstić information content (AvgIpc) is 2.40. The third kappa shape index (κ3) is 2.58. The number of hydrogen-bond acceptors (Lipinski definition) is 4. The molecule has 0 saturated heterocycles. The molecule has 0 saturated carbocycles. The van der Waals surface area contributed by atoms with Gasteiger partial charge in [-0.3, -0.25) is 0 Å². The normalized spacial score (nSPS) is 9.65. The fourth-order valence-electron chi connectivity index (χ4n) is 1.63. The van der Waals surface area contributed by atoms with Crippen LogP contribution in [0.15, 0.2) is 42.6 Å². The van der Waals surface area contributed by atoms with E-state index in [-0.39, 0.29) is 0 Å². The molecule has 0 radical (unpaired) electrons. The Labute approximate surface area is 100 Å². The minimum absolute atomic E-state index is 0.540. The van der Waals surface area contributed by atoms with E-state index >= 15 is 0 Å². The smallest absolute Gasteiger partial charge is 0.169 e. The van der Waals surface area contributed by atoms with Crippen LogP contribution in [0.5, 0.6) is 0 Å². The molecular formula is C13H12N4. The highest BCUT2D eigenvalue weighted by molar-refractivity contribution is 5.52. The van der Waals surface area contributed by atoms with Gasteiger partial charge in [-0.15, -0.1) is 5.10 Å². The van der Waals surface area contributed by atoms with E-state index in [2.05, 4.69) is 16.3 Å². The number of anilines is 1. The van der Waals surface area contributed by atoms with Crippen LogP contribution in [0.25, 0.3) is 0 Å². The maximum atomic E-state index is 8.99. The van der Waals surface area contributed by atoms with E-state index in [9.17, 15) is 0 Å². The standard InChI is InChI=1S/C13H12N4/c1-17(10-11-5-3-2-4-6-11)13-12(9-14)7-8-15-16-13/h2-8H,10H2,1H3. The summed E-state index contributed by atoms with van der Waals surface area (Å²) >= 11 is 0. The van der Waals surface area contributed by atoms with Gasteiger partial charge in [0, 0.05) is 13.6 Å². The highest BCUT2D eigenvalue weighted by atomic mass is 15.2. The van der Waals surface area contributed by atoms with Gasteiger partial charge in [0.05, 0.1) is 11.8 Å². The van der Waals surface area contributed by atoms with E-state index in [4.69, 9.17) is 5.26 Å². The molecule has 0 fully saturated rings. The molecule has 0 amide bonds. The lowest BCUT2D eigenvalue weighted by atomic mass is 10.2. The Balaban J connectivity index is 2.21. The topological polar surface area (TPSA) is 52.8 Å². The molecule has 4 heteroatoms. The Morgan fingerprint density at radius 3 is 2.71 bits per heavy atom. The summed E-state index contributed by atoms with van der Waals surface area (Å²) in [5.41, 5.74) is 1.71. The predicted molar refractivity (Wildman–Crippen MR) is 65.3 cm³/mol. The first-order valence-corrected chi connectivity index (χ1v) is 5.28. The third-order valence-corrected chi connectivity index (χ3v) is 2.45. The van der Waals surface area contributed by atoms with Gasteiger partial charge in [-0.05, 0) is 11.6 Å². The van der Waals surface area contributed by atoms with Crippen LogP contribution in [-0.2, 0) is 6.54 Å². The molecule has 1 aromatic carbocycles. The number of aromatic nitrogens is 2. The highest BCUT2D eigenvalue weighted by Gasteiger charge is 2.09. The van der Waals surface area contributed by atoms with E-state index in [1.165, 1.54) is 11.8 Å². The van der Waals surface area contributed by atoms with Gasteiger partial charge in [-0.25, -0.2) is 0 Å². The van der Waals surface area contributed by atoms with Crippen LogP contribution in [0.4, 0.5) is 5.82 Å². The van der Waals surface area contributed by atoms with Gasteiger partial charge in [-0.1, -0.05) is 30.3 Å². The number of nitriles is 1. The second-order valence-electron chi connectivity index (χ2n) is 3.72. The largest absolute Gasteiger partial charge is 0.353 e. The molecule has 84 valence electrons. The Morgan fingerprint density at radius 2 is 2.00 bits per heavy atom. The highest BCUT2D eigenvalue weighted by Crippen LogP contribution is 2.15. The van der Waals surface area contributed by atoms with Crippen molar-refractivity contribution in [1.29, 1.82) is 5.26 Å². The Kier molecular flexibility index (Phi) is 3.31. The molecule has 0 atom stereocenters. The van der Waals surface area contributed by atoms with Crippen molar-refractivity contribution in [3.63, 3.8) is 0 Å². The molecule has 1 aromatic heterocycles. The maximum absolute atomic E-state index is 8.99. The van der Waals surface area contributed by atoms with Crippen LogP contribution >= 0.6 is 0 Å². The second-order valence-corrected chi connectivity index (χ2v) is 3.72. The third-order valence-electron chi connectivity index (χ3n) is 2.45. The molecule has 0 bridgehead atoms. The van der Waals surface area contributed by atoms with Gasteiger partial charge < -0.3 is 4.90 Å². The maximum Gasteiger partial charge on any atom is 0.169 e. The van der Waals surface area contributed by atoms with E-state index in [1.807, 2.05) is 42.3 Å².